The van der Waals surface area contributed by atoms with Crippen LogP contribution in [0.3, 0.4) is 0 Å². The van der Waals surface area contributed by atoms with Crippen LogP contribution in [0.1, 0.15) is 13.8 Å². The molecule has 0 aromatic carbocycles. The minimum atomic E-state index is -3.67. The molecule has 0 unspecified atom stereocenters. The van der Waals surface area contributed by atoms with Crippen LogP contribution in [0.5, 0.6) is 11.5 Å². The molecule has 2 rings (SSSR count). The van der Waals surface area contributed by atoms with E-state index >= 15 is 0 Å². The molecule has 0 bridgehead atoms. The number of pyridine rings is 1. The lowest BCUT2D eigenvalue weighted by atomic mass is 10.2. The first-order chi connectivity index (χ1) is 10.3. The zero-order valence-electron chi connectivity index (χ0n) is 11.9. The van der Waals surface area contributed by atoms with Gasteiger partial charge >= 0.3 is 5.97 Å². The van der Waals surface area contributed by atoms with Gasteiger partial charge in [0, 0.05) is 24.9 Å². The minimum Gasteiger partial charge on any atom is -0.502 e. The van der Waals surface area contributed by atoms with Crippen molar-refractivity contribution in [2.75, 3.05) is 10.5 Å². The number of aromatic hydroxyl groups is 1. The summed E-state index contributed by atoms with van der Waals surface area (Å²) < 4.78 is 35.6. The van der Waals surface area contributed by atoms with Crippen LogP contribution >= 0.6 is 0 Å². The number of nitrogens with one attached hydrogen (secondary N) is 1. The summed E-state index contributed by atoms with van der Waals surface area (Å²) in [4.78, 5) is 15.0. The van der Waals surface area contributed by atoms with E-state index in [1.165, 1.54) is 19.3 Å². The number of hydrogen-bond acceptors (Lipinski definition) is 7. The van der Waals surface area contributed by atoms with Gasteiger partial charge < -0.3 is 14.3 Å². The van der Waals surface area contributed by atoms with E-state index in [9.17, 15) is 18.3 Å². The number of anilines is 1. The number of rotatable bonds is 5. The molecule has 0 aliphatic carbocycles. The van der Waals surface area contributed by atoms with Crippen LogP contribution in [0.25, 0.3) is 11.3 Å². The molecule has 0 fully saturated rings. The molecule has 0 saturated carbocycles. The monoisotopic (exact) mass is 326 g/mol. The highest BCUT2D eigenvalue weighted by Gasteiger charge is 2.26. The van der Waals surface area contributed by atoms with Crippen molar-refractivity contribution in [1.29, 1.82) is 0 Å². The molecule has 0 spiro atoms. The fraction of sp³-hybridized carbons (Fsp3) is 0.231. The van der Waals surface area contributed by atoms with Crippen LogP contribution in [-0.2, 0) is 14.8 Å². The van der Waals surface area contributed by atoms with Gasteiger partial charge in [-0.3, -0.25) is 9.78 Å². The number of furan rings is 1. The highest BCUT2D eigenvalue weighted by Crippen LogP contribution is 2.46. The van der Waals surface area contributed by atoms with Crippen molar-refractivity contribution >= 4 is 21.9 Å². The molecular weight excluding hydrogens is 312 g/mol. The van der Waals surface area contributed by atoms with Gasteiger partial charge in [-0.2, -0.15) is 0 Å². The number of aromatic nitrogens is 1. The van der Waals surface area contributed by atoms with Gasteiger partial charge in [0.2, 0.25) is 21.5 Å². The van der Waals surface area contributed by atoms with E-state index < -0.39 is 21.7 Å². The second-order valence-electron chi connectivity index (χ2n) is 4.27. The van der Waals surface area contributed by atoms with Crippen molar-refractivity contribution in [3.8, 4) is 22.8 Å². The summed E-state index contributed by atoms with van der Waals surface area (Å²) in [6.07, 6.45) is 2.94. The van der Waals surface area contributed by atoms with E-state index in [4.69, 9.17) is 9.15 Å². The summed E-state index contributed by atoms with van der Waals surface area (Å²) in [5.74, 6) is -2.19. The van der Waals surface area contributed by atoms with Gasteiger partial charge in [0.1, 0.15) is 0 Å². The molecule has 118 valence electrons. The third-order valence-corrected chi connectivity index (χ3v) is 3.91. The molecule has 2 N–H and O–H groups in total. The zero-order valence-corrected chi connectivity index (χ0v) is 12.7. The molecule has 0 aliphatic heterocycles. The van der Waals surface area contributed by atoms with Gasteiger partial charge in [-0.05, 0) is 19.1 Å². The normalized spacial score (nSPS) is 11.2. The van der Waals surface area contributed by atoms with Crippen LogP contribution in [0.4, 0.5) is 5.88 Å². The number of nitrogens with zero attached hydrogens (tertiary/aromatic N) is 1. The van der Waals surface area contributed by atoms with E-state index in [0.29, 0.717) is 5.56 Å². The van der Waals surface area contributed by atoms with Crippen LogP contribution in [0.15, 0.2) is 28.9 Å². The van der Waals surface area contributed by atoms with E-state index in [-0.39, 0.29) is 23.1 Å². The molecule has 0 saturated heterocycles. The van der Waals surface area contributed by atoms with Crippen LogP contribution in [0, 0.1) is 0 Å². The predicted octanol–water partition coefficient (Wildman–Crippen LogP) is 1.73. The van der Waals surface area contributed by atoms with E-state index in [1.807, 2.05) is 0 Å². The Balaban J connectivity index is 2.54. The molecule has 0 radical (unpaired) electrons. The van der Waals surface area contributed by atoms with Crippen molar-refractivity contribution in [3.63, 3.8) is 0 Å². The Labute approximate surface area is 126 Å². The van der Waals surface area contributed by atoms with Crippen LogP contribution in [0.2, 0.25) is 0 Å². The Bertz CT molecular complexity index is 782. The third-order valence-electron chi connectivity index (χ3n) is 2.66. The molecule has 0 atom stereocenters. The van der Waals surface area contributed by atoms with Crippen LogP contribution in [-0.4, -0.2) is 30.2 Å². The number of ether oxygens (including phenoxy) is 1. The van der Waals surface area contributed by atoms with E-state index in [0.717, 1.165) is 6.92 Å². The molecule has 2 aromatic heterocycles. The lowest BCUT2D eigenvalue weighted by Crippen LogP contribution is -2.15. The summed E-state index contributed by atoms with van der Waals surface area (Å²) >= 11 is 0. The Hall–Kier alpha value is -2.55. The summed E-state index contributed by atoms with van der Waals surface area (Å²) in [7, 11) is -3.67. The van der Waals surface area contributed by atoms with Crippen molar-refractivity contribution in [1.82, 2.24) is 4.98 Å². The summed E-state index contributed by atoms with van der Waals surface area (Å²) in [5.41, 5.74) is 0.447. The van der Waals surface area contributed by atoms with E-state index in [2.05, 4.69) is 9.71 Å². The number of carbonyl (C=O) groups is 1. The number of sulfonamides is 1. The Morgan fingerprint density at radius 3 is 2.59 bits per heavy atom. The Morgan fingerprint density at radius 2 is 2.05 bits per heavy atom. The van der Waals surface area contributed by atoms with Gasteiger partial charge in [-0.15, -0.1) is 0 Å². The van der Waals surface area contributed by atoms with Gasteiger partial charge in [-0.1, -0.05) is 0 Å². The number of hydrogen-bond donors (Lipinski definition) is 2. The standard InChI is InChI=1S/C13H14N2O6S/c1-3-22(18,19)15-13-12(20-8(2)16)10(17)11(21-13)9-4-6-14-7-5-9/h4-7,15,17H,3H2,1-2H3. The Kier molecular flexibility index (Phi) is 4.36. The fourth-order valence-electron chi connectivity index (χ4n) is 1.63. The summed E-state index contributed by atoms with van der Waals surface area (Å²) in [5, 5.41) is 10.2. The molecule has 0 aliphatic rings. The average Bonchev–Trinajstić information content (AvgIpc) is 2.76. The van der Waals surface area contributed by atoms with Crippen LogP contribution < -0.4 is 9.46 Å². The molecule has 2 aromatic rings. The largest absolute Gasteiger partial charge is 0.502 e. The molecule has 0 amide bonds. The maximum atomic E-state index is 11.7. The predicted molar refractivity (Wildman–Crippen MR) is 78.0 cm³/mol. The molecule has 8 nitrogen and oxygen atoms in total. The van der Waals surface area contributed by atoms with Crippen molar-refractivity contribution in [2.24, 2.45) is 0 Å². The average molecular weight is 326 g/mol. The lowest BCUT2D eigenvalue weighted by Gasteiger charge is -2.04. The van der Waals surface area contributed by atoms with Gasteiger partial charge in [0.25, 0.3) is 5.88 Å². The fourth-order valence-corrected chi connectivity index (χ4v) is 2.19. The quantitative estimate of drug-likeness (QED) is 0.803. The topological polar surface area (TPSA) is 119 Å². The highest BCUT2D eigenvalue weighted by atomic mass is 32.2. The molecule has 9 heteroatoms. The first-order valence-electron chi connectivity index (χ1n) is 6.29. The van der Waals surface area contributed by atoms with Crippen molar-refractivity contribution in [3.05, 3.63) is 24.5 Å². The SMILES string of the molecule is CCS(=O)(=O)Nc1oc(-c2ccncc2)c(O)c1OC(C)=O. The molecule has 2 heterocycles. The van der Waals surface area contributed by atoms with Gasteiger partial charge in [0.15, 0.2) is 5.76 Å². The van der Waals surface area contributed by atoms with Crippen molar-refractivity contribution < 1.29 is 27.5 Å². The lowest BCUT2D eigenvalue weighted by molar-refractivity contribution is -0.131. The zero-order chi connectivity index (χ0) is 16.3. The second kappa shape index (κ2) is 6.06. The smallest absolute Gasteiger partial charge is 0.308 e. The maximum absolute atomic E-state index is 11.7. The third kappa shape index (κ3) is 3.37. The van der Waals surface area contributed by atoms with Gasteiger partial charge in [0.05, 0.1) is 5.75 Å². The first kappa shape index (κ1) is 15.8. The van der Waals surface area contributed by atoms with E-state index in [1.54, 1.807) is 12.1 Å². The minimum absolute atomic E-state index is 0.0348. The first-order valence-corrected chi connectivity index (χ1v) is 7.94. The Morgan fingerprint density at radius 1 is 1.41 bits per heavy atom. The number of carbonyl (C=O) groups excluding carboxylic acids is 1. The molecule has 22 heavy (non-hydrogen) atoms. The highest BCUT2D eigenvalue weighted by molar-refractivity contribution is 7.92. The summed E-state index contributed by atoms with van der Waals surface area (Å²) in [6.45, 7) is 2.55. The van der Waals surface area contributed by atoms with Crippen molar-refractivity contribution in [2.45, 2.75) is 13.8 Å². The van der Waals surface area contributed by atoms with Gasteiger partial charge in [-0.25, -0.2) is 13.1 Å². The molecular formula is C13H14N2O6S. The second-order valence-corrected chi connectivity index (χ2v) is 6.28. The summed E-state index contributed by atoms with van der Waals surface area (Å²) in [6, 6.07) is 3.10. The maximum Gasteiger partial charge on any atom is 0.308 e. The number of esters is 1.